The minimum Gasteiger partial charge on any atom is -0.492 e. The van der Waals surface area contributed by atoms with Crippen LogP contribution in [0.3, 0.4) is 0 Å². The third-order valence-electron chi connectivity index (χ3n) is 2.94. The minimum atomic E-state index is -0.495. The Balaban J connectivity index is 2.34. The van der Waals surface area contributed by atoms with Crippen molar-refractivity contribution in [1.29, 1.82) is 0 Å². The van der Waals surface area contributed by atoms with Crippen LogP contribution in [0.1, 0.15) is 57.6 Å². The molecule has 0 heterocycles. The van der Waals surface area contributed by atoms with Gasteiger partial charge in [0, 0.05) is 0 Å². The SMILES string of the molecule is CCCCCCCOc1ccc(C(C)O)cc1Cl. The second-order valence-electron chi connectivity index (χ2n) is 4.63. The first-order valence-electron chi connectivity index (χ1n) is 6.75. The first-order chi connectivity index (χ1) is 8.65. The number of hydrogen-bond donors (Lipinski definition) is 1. The van der Waals surface area contributed by atoms with Gasteiger partial charge < -0.3 is 9.84 Å². The van der Waals surface area contributed by atoms with Crippen LogP contribution in [0.2, 0.25) is 5.02 Å². The van der Waals surface area contributed by atoms with Crippen LogP contribution in [-0.2, 0) is 0 Å². The van der Waals surface area contributed by atoms with Crippen LogP contribution in [0.5, 0.6) is 5.75 Å². The van der Waals surface area contributed by atoms with E-state index in [4.69, 9.17) is 16.3 Å². The predicted octanol–water partition coefficient (Wildman–Crippen LogP) is 4.74. The Morgan fingerprint density at radius 1 is 1.22 bits per heavy atom. The number of hydrogen-bond acceptors (Lipinski definition) is 2. The highest BCUT2D eigenvalue weighted by molar-refractivity contribution is 6.32. The lowest BCUT2D eigenvalue weighted by molar-refractivity contribution is 0.199. The van der Waals surface area contributed by atoms with E-state index in [1.807, 2.05) is 12.1 Å². The maximum atomic E-state index is 9.44. The van der Waals surface area contributed by atoms with Crippen molar-refractivity contribution in [3.8, 4) is 5.75 Å². The average Bonchev–Trinajstić information content (AvgIpc) is 2.35. The monoisotopic (exact) mass is 270 g/mol. The molecular weight excluding hydrogens is 248 g/mol. The molecule has 18 heavy (non-hydrogen) atoms. The van der Waals surface area contributed by atoms with Gasteiger partial charge in [-0.2, -0.15) is 0 Å². The smallest absolute Gasteiger partial charge is 0.137 e. The lowest BCUT2D eigenvalue weighted by atomic mass is 10.1. The molecule has 0 aliphatic rings. The minimum absolute atomic E-state index is 0.495. The summed E-state index contributed by atoms with van der Waals surface area (Å²) in [6.07, 6.45) is 5.60. The van der Waals surface area contributed by atoms with Crippen LogP contribution in [0.25, 0.3) is 0 Å². The number of aliphatic hydroxyl groups is 1. The number of rotatable bonds is 8. The summed E-state index contributed by atoms with van der Waals surface area (Å²) in [5, 5.41) is 10.0. The highest BCUT2D eigenvalue weighted by Gasteiger charge is 2.06. The van der Waals surface area contributed by atoms with Crippen LogP contribution in [-0.4, -0.2) is 11.7 Å². The van der Waals surface area contributed by atoms with Gasteiger partial charge in [0.2, 0.25) is 0 Å². The zero-order chi connectivity index (χ0) is 13.4. The van der Waals surface area contributed by atoms with Crippen LogP contribution in [0.15, 0.2) is 18.2 Å². The summed E-state index contributed by atoms with van der Waals surface area (Å²) in [5.74, 6) is 0.705. The normalized spacial score (nSPS) is 12.4. The highest BCUT2D eigenvalue weighted by atomic mass is 35.5. The molecule has 1 aromatic carbocycles. The van der Waals surface area contributed by atoms with E-state index in [2.05, 4.69) is 6.92 Å². The quantitative estimate of drug-likeness (QED) is 0.691. The summed E-state index contributed by atoms with van der Waals surface area (Å²) in [4.78, 5) is 0. The molecule has 1 aromatic rings. The van der Waals surface area contributed by atoms with E-state index in [1.54, 1.807) is 13.0 Å². The summed E-state index contributed by atoms with van der Waals surface area (Å²) in [5.41, 5.74) is 0.815. The molecule has 0 saturated carbocycles. The van der Waals surface area contributed by atoms with Crippen LogP contribution in [0, 0.1) is 0 Å². The summed E-state index contributed by atoms with van der Waals surface area (Å²) in [7, 11) is 0. The Hall–Kier alpha value is -0.730. The summed E-state index contributed by atoms with van der Waals surface area (Å²) in [6.45, 7) is 4.64. The zero-order valence-corrected chi connectivity index (χ0v) is 12.0. The number of aliphatic hydroxyl groups excluding tert-OH is 1. The zero-order valence-electron chi connectivity index (χ0n) is 11.3. The predicted molar refractivity (Wildman–Crippen MR) is 76.3 cm³/mol. The lowest BCUT2D eigenvalue weighted by Crippen LogP contribution is -1.99. The Morgan fingerprint density at radius 3 is 2.56 bits per heavy atom. The van der Waals surface area contributed by atoms with E-state index < -0.39 is 6.10 Å². The van der Waals surface area contributed by atoms with Crippen molar-refractivity contribution in [3.63, 3.8) is 0 Å². The van der Waals surface area contributed by atoms with Gasteiger partial charge in [-0.05, 0) is 31.0 Å². The van der Waals surface area contributed by atoms with E-state index in [9.17, 15) is 5.11 Å². The second-order valence-corrected chi connectivity index (χ2v) is 5.04. The van der Waals surface area contributed by atoms with Gasteiger partial charge in [0.1, 0.15) is 5.75 Å². The molecule has 0 fully saturated rings. The van der Waals surface area contributed by atoms with Crippen molar-refractivity contribution in [3.05, 3.63) is 28.8 Å². The molecule has 1 atom stereocenters. The molecule has 0 saturated heterocycles. The first-order valence-corrected chi connectivity index (χ1v) is 7.13. The molecule has 0 spiro atoms. The maximum Gasteiger partial charge on any atom is 0.137 e. The Labute approximate surface area is 115 Å². The molecule has 0 aliphatic heterocycles. The van der Waals surface area contributed by atoms with Crippen molar-refractivity contribution in [2.24, 2.45) is 0 Å². The molecule has 3 heteroatoms. The van der Waals surface area contributed by atoms with Crippen molar-refractivity contribution < 1.29 is 9.84 Å². The average molecular weight is 271 g/mol. The van der Waals surface area contributed by atoms with Gasteiger partial charge in [0.05, 0.1) is 17.7 Å². The molecule has 1 unspecified atom stereocenters. The highest BCUT2D eigenvalue weighted by Crippen LogP contribution is 2.28. The largest absolute Gasteiger partial charge is 0.492 e. The van der Waals surface area contributed by atoms with Crippen molar-refractivity contribution >= 4 is 11.6 Å². The standard InChI is InChI=1S/C15H23ClO2/c1-3-4-5-6-7-10-18-15-9-8-13(12(2)17)11-14(15)16/h8-9,11-12,17H,3-7,10H2,1-2H3. The summed E-state index contributed by atoms with van der Waals surface area (Å²) in [6, 6.07) is 5.44. The van der Waals surface area contributed by atoms with Crippen LogP contribution in [0.4, 0.5) is 0 Å². The third-order valence-corrected chi connectivity index (χ3v) is 3.24. The number of unbranched alkanes of at least 4 members (excludes halogenated alkanes) is 4. The van der Waals surface area contributed by atoms with Gasteiger partial charge >= 0.3 is 0 Å². The van der Waals surface area contributed by atoms with E-state index in [0.29, 0.717) is 17.4 Å². The third kappa shape index (κ3) is 5.28. The van der Waals surface area contributed by atoms with E-state index >= 15 is 0 Å². The van der Waals surface area contributed by atoms with Crippen LogP contribution < -0.4 is 4.74 Å². The molecule has 2 nitrogen and oxygen atoms in total. The molecule has 0 bridgehead atoms. The van der Waals surface area contributed by atoms with Gasteiger partial charge in [-0.3, -0.25) is 0 Å². The number of halogens is 1. The second kappa shape index (κ2) is 8.39. The van der Waals surface area contributed by atoms with E-state index in [1.165, 1.54) is 25.7 Å². The molecule has 1 N–H and O–H groups in total. The van der Waals surface area contributed by atoms with Gasteiger partial charge in [0.25, 0.3) is 0 Å². The van der Waals surface area contributed by atoms with E-state index in [0.717, 1.165) is 12.0 Å². The van der Waals surface area contributed by atoms with E-state index in [-0.39, 0.29) is 0 Å². The molecule has 0 radical (unpaired) electrons. The van der Waals surface area contributed by atoms with Crippen LogP contribution >= 0.6 is 11.6 Å². The maximum absolute atomic E-state index is 9.44. The Bertz CT molecular complexity index is 350. The van der Waals surface area contributed by atoms with Gasteiger partial charge in [0.15, 0.2) is 0 Å². The molecule has 0 aliphatic carbocycles. The summed E-state index contributed by atoms with van der Waals surface area (Å²) < 4.78 is 5.64. The molecular formula is C15H23ClO2. The lowest BCUT2D eigenvalue weighted by Gasteiger charge is -2.10. The fourth-order valence-electron chi connectivity index (χ4n) is 1.78. The number of ether oxygens (including phenoxy) is 1. The Morgan fingerprint density at radius 2 is 1.94 bits per heavy atom. The molecule has 1 rings (SSSR count). The molecule has 0 amide bonds. The molecule has 102 valence electrons. The van der Waals surface area contributed by atoms with Crippen molar-refractivity contribution in [2.75, 3.05) is 6.61 Å². The molecule has 0 aromatic heterocycles. The topological polar surface area (TPSA) is 29.5 Å². The number of benzene rings is 1. The summed E-state index contributed by atoms with van der Waals surface area (Å²) >= 11 is 6.10. The van der Waals surface area contributed by atoms with Gasteiger partial charge in [-0.15, -0.1) is 0 Å². The fraction of sp³-hybridized carbons (Fsp3) is 0.600. The van der Waals surface area contributed by atoms with Gasteiger partial charge in [-0.1, -0.05) is 50.3 Å². The Kier molecular flexibility index (Phi) is 7.14. The first kappa shape index (κ1) is 15.3. The van der Waals surface area contributed by atoms with Gasteiger partial charge in [-0.25, -0.2) is 0 Å². The van der Waals surface area contributed by atoms with Crippen molar-refractivity contribution in [2.45, 2.75) is 52.1 Å². The van der Waals surface area contributed by atoms with Crippen molar-refractivity contribution in [1.82, 2.24) is 0 Å². The fourth-order valence-corrected chi connectivity index (χ4v) is 2.03.